The van der Waals surface area contributed by atoms with E-state index in [0.717, 1.165) is 11.1 Å². The van der Waals surface area contributed by atoms with Gasteiger partial charge in [0.05, 0.1) is 6.42 Å². The molecule has 0 aliphatic rings. The van der Waals surface area contributed by atoms with Gasteiger partial charge >= 0.3 is 0 Å². The number of hydrogen-bond donors (Lipinski definition) is 1. The van der Waals surface area contributed by atoms with Gasteiger partial charge in [0.2, 0.25) is 5.91 Å². The lowest BCUT2D eigenvalue weighted by atomic mass is 10.1. The fourth-order valence-corrected chi connectivity index (χ4v) is 2.33. The van der Waals surface area contributed by atoms with Gasteiger partial charge in [-0.05, 0) is 36.2 Å². The minimum Gasteiger partial charge on any atom is -0.399 e. The van der Waals surface area contributed by atoms with Gasteiger partial charge in [-0.25, -0.2) is 0 Å². The average Bonchev–Trinajstić information content (AvgIpc) is 2.48. The molecule has 0 radical (unpaired) electrons. The summed E-state index contributed by atoms with van der Waals surface area (Å²) in [7, 11) is 0. The van der Waals surface area contributed by atoms with E-state index in [2.05, 4.69) is 0 Å². The van der Waals surface area contributed by atoms with E-state index in [1.165, 1.54) is 0 Å². The van der Waals surface area contributed by atoms with Crippen LogP contribution in [0.4, 0.5) is 5.69 Å². The summed E-state index contributed by atoms with van der Waals surface area (Å²) < 4.78 is 0. The van der Waals surface area contributed by atoms with Crippen LogP contribution in [0.3, 0.4) is 0 Å². The van der Waals surface area contributed by atoms with Crippen molar-refractivity contribution in [2.24, 2.45) is 0 Å². The van der Waals surface area contributed by atoms with E-state index >= 15 is 0 Å². The topological polar surface area (TPSA) is 46.3 Å². The molecule has 0 fully saturated rings. The van der Waals surface area contributed by atoms with Crippen molar-refractivity contribution in [3.63, 3.8) is 0 Å². The zero-order valence-electron chi connectivity index (χ0n) is 12.1. The van der Waals surface area contributed by atoms with E-state index in [1.807, 2.05) is 55.5 Å². The van der Waals surface area contributed by atoms with E-state index in [-0.39, 0.29) is 5.91 Å². The molecule has 1 amide bonds. The van der Waals surface area contributed by atoms with Gasteiger partial charge in [0, 0.05) is 23.8 Å². The summed E-state index contributed by atoms with van der Waals surface area (Å²) in [5.41, 5.74) is 8.28. The first-order valence-corrected chi connectivity index (χ1v) is 7.33. The summed E-state index contributed by atoms with van der Waals surface area (Å²) in [6, 6.07) is 15.0. The zero-order valence-corrected chi connectivity index (χ0v) is 12.8. The van der Waals surface area contributed by atoms with Gasteiger partial charge in [0.1, 0.15) is 0 Å². The van der Waals surface area contributed by atoms with Crippen molar-refractivity contribution in [3.8, 4) is 0 Å². The molecule has 0 spiro atoms. The number of halogens is 1. The molecule has 0 aliphatic heterocycles. The third kappa shape index (κ3) is 4.23. The maximum Gasteiger partial charge on any atom is 0.227 e. The Morgan fingerprint density at radius 2 is 1.81 bits per heavy atom. The molecule has 0 heterocycles. The number of nitrogens with two attached hydrogens (primary N) is 1. The number of benzene rings is 2. The molecule has 0 unspecified atom stereocenters. The monoisotopic (exact) mass is 302 g/mol. The van der Waals surface area contributed by atoms with Crippen molar-refractivity contribution in [1.82, 2.24) is 4.90 Å². The molecule has 0 saturated carbocycles. The maximum atomic E-state index is 12.4. The Hall–Kier alpha value is -2.00. The van der Waals surface area contributed by atoms with Gasteiger partial charge in [-0.3, -0.25) is 4.79 Å². The highest BCUT2D eigenvalue weighted by atomic mass is 35.5. The zero-order chi connectivity index (χ0) is 15.2. The molecule has 0 atom stereocenters. The first-order chi connectivity index (χ1) is 10.1. The summed E-state index contributed by atoms with van der Waals surface area (Å²) in [4.78, 5) is 14.2. The number of carbonyl (C=O) groups excluding carboxylic acids is 1. The Labute approximate surface area is 130 Å². The normalized spacial score (nSPS) is 10.4. The Morgan fingerprint density at radius 1 is 1.14 bits per heavy atom. The molecule has 0 aliphatic carbocycles. The van der Waals surface area contributed by atoms with Gasteiger partial charge in [0.25, 0.3) is 0 Å². The summed E-state index contributed by atoms with van der Waals surface area (Å²) >= 11 is 6.16. The van der Waals surface area contributed by atoms with Gasteiger partial charge < -0.3 is 10.6 Å². The Morgan fingerprint density at radius 3 is 2.43 bits per heavy atom. The highest BCUT2D eigenvalue weighted by molar-refractivity contribution is 6.31. The first-order valence-electron chi connectivity index (χ1n) is 6.95. The smallest absolute Gasteiger partial charge is 0.227 e. The molecule has 110 valence electrons. The number of rotatable bonds is 5. The van der Waals surface area contributed by atoms with Crippen molar-refractivity contribution in [2.45, 2.75) is 19.9 Å². The van der Waals surface area contributed by atoms with Crippen molar-refractivity contribution < 1.29 is 4.79 Å². The van der Waals surface area contributed by atoms with Crippen molar-refractivity contribution in [1.29, 1.82) is 0 Å². The minimum atomic E-state index is 0.0854. The van der Waals surface area contributed by atoms with Crippen molar-refractivity contribution >= 4 is 23.2 Å². The molecule has 3 nitrogen and oxygen atoms in total. The molecule has 2 N–H and O–H groups in total. The fraction of sp³-hybridized carbons (Fsp3) is 0.235. The molecular weight excluding hydrogens is 284 g/mol. The Balaban J connectivity index is 2.05. The van der Waals surface area contributed by atoms with E-state index < -0.39 is 0 Å². The Kier molecular flexibility index (Phi) is 5.23. The lowest BCUT2D eigenvalue weighted by molar-refractivity contribution is -0.130. The molecule has 2 aromatic carbocycles. The van der Waals surface area contributed by atoms with Gasteiger partial charge in [0.15, 0.2) is 0 Å². The van der Waals surface area contributed by atoms with Gasteiger partial charge in [-0.2, -0.15) is 0 Å². The highest BCUT2D eigenvalue weighted by Crippen LogP contribution is 2.17. The number of likely N-dealkylation sites (N-methyl/N-ethyl adjacent to an activating group) is 1. The lowest BCUT2D eigenvalue weighted by Crippen LogP contribution is -2.31. The third-order valence-corrected chi connectivity index (χ3v) is 3.76. The first kappa shape index (κ1) is 15.4. The van der Waals surface area contributed by atoms with Gasteiger partial charge in [-0.15, -0.1) is 0 Å². The van der Waals surface area contributed by atoms with Crippen LogP contribution in [0.25, 0.3) is 0 Å². The van der Waals surface area contributed by atoms with E-state index in [4.69, 9.17) is 17.3 Å². The Bertz CT molecular complexity index is 610. The molecule has 21 heavy (non-hydrogen) atoms. The number of amides is 1. The van der Waals surface area contributed by atoms with Crippen LogP contribution in [0, 0.1) is 0 Å². The van der Waals surface area contributed by atoms with E-state index in [1.54, 1.807) is 4.90 Å². The molecular formula is C17H19ClN2O. The molecule has 0 bridgehead atoms. The average molecular weight is 303 g/mol. The molecule has 2 aromatic rings. The van der Waals surface area contributed by atoms with Crippen LogP contribution in [0.5, 0.6) is 0 Å². The lowest BCUT2D eigenvalue weighted by Gasteiger charge is -2.21. The van der Waals surface area contributed by atoms with Crippen molar-refractivity contribution in [2.75, 3.05) is 12.3 Å². The van der Waals surface area contributed by atoms with Gasteiger partial charge in [-0.1, -0.05) is 41.9 Å². The largest absolute Gasteiger partial charge is 0.399 e. The van der Waals surface area contributed by atoms with E-state index in [0.29, 0.717) is 30.2 Å². The number of carbonyl (C=O) groups is 1. The second-order valence-corrected chi connectivity index (χ2v) is 5.32. The summed E-state index contributed by atoms with van der Waals surface area (Å²) in [5.74, 6) is 0.0854. The number of nitrogen functional groups attached to an aromatic ring is 1. The van der Waals surface area contributed by atoms with Crippen LogP contribution in [0.15, 0.2) is 48.5 Å². The van der Waals surface area contributed by atoms with Crippen LogP contribution >= 0.6 is 11.6 Å². The quantitative estimate of drug-likeness (QED) is 0.859. The molecule has 4 heteroatoms. The summed E-state index contributed by atoms with van der Waals surface area (Å²) in [6.07, 6.45) is 0.374. The van der Waals surface area contributed by atoms with Crippen LogP contribution in [0.2, 0.25) is 5.02 Å². The highest BCUT2D eigenvalue weighted by Gasteiger charge is 2.14. The van der Waals surface area contributed by atoms with Crippen LogP contribution in [0.1, 0.15) is 18.1 Å². The fourth-order valence-electron chi connectivity index (χ4n) is 2.13. The van der Waals surface area contributed by atoms with Crippen molar-refractivity contribution in [3.05, 3.63) is 64.7 Å². The SMILES string of the molecule is CCN(Cc1ccccc1Cl)C(=O)Cc1ccc(N)cc1. The molecule has 2 rings (SSSR count). The maximum absolute atomic E-state index is 12.4. The second-order valence-electron chi connectivity index (χ2n) is 4.92. The predicted molar refractivity (Wildman–Crippen MR) is 87.1 cm³/mol. The molecule has 0 aromatic heterocycles. The van der Waals surface area contributed by atoms with E-state index in [9.17, 15) is 4.79 Å². The number of hydrogen-bond acceptors (Lipinski definition) is 2. The van der Waals surface area contributed by atoms with Crippen LogP contribution < -0.4 is 5.73 Å². The molecule has 0 saturated heterocycles. The summed E-state index contributed by atoms with van der Waals surface area (Å²) in [6.45, 7) is 3.15. The number of nitrogens with zero attached hydrogens (tertiary/aromatic N) is 1. The summed E-state index contributed by atoms with van der Waals surface area (Å²) in [5, 5.41) is 0.691. The third-order valence-electron chi connectivity index (χ3n) is 3.39. The predicted octanol–water partition coefficient (Wildman–Crippen LogP) is 3.51. The number of anilines is 1. The van der Waals surface area contributed by atoms with Crippen LogP contribution in [-0.4, -0.2) is 17.4 Å². The van der Waals surface area contributed by atoms with Crippen LogP contribution in [-0.2, 0) is 17.8 Å². The second kappa shape index (κ2) is 7.14. The standard InChI is InChI=1S/C17H19ClN2O/c1-2-20(12-14-5-3-4-6-16(14)18)17(21)11-13-7-9-15(19)10-8-13/h3-10H,2,11-12,19H2,1H3. The minimum absolute atomic E-state index is 0.0854.